The lowest BCUT2D eigenvalue weighted by Crippen LogP contribution is -2.30. The van der Waals surface area contributed by atoms with Gasteiger partial charge in [0.2, 0.25) is 0 Å². The summed E-state index contributed by atoms with van der Waals surface area (Å²) in [5.74, 6) is 0.944. The van der Waals surface area contributed by atoms with E-state index in [2.05, 4.69) is 38.2 Å². The first-order valence-electron chi connectivity index (χ1n) is 7.18. The van der Waals surface area contributed by atoms with Gasteiger partial charge < -0.3 is 15.2 Å². The monoisotopic (exact) mass is 305 g/mol. The highest BCUT2D eigenvalue weighted by Crippen LogP contribution is 2.28. The Kier molecular flexibility index (Phi) is 5.26. The summed E-state index contributed by atoms with van der Waals surface area (Å²) in [6.07, 6.45) is 1.000. The number of aromatic hydroxyl groups is 1. The van der Waals surface area contributed by atoms with E-state index in [0.29, 0.717) is 11.8 Å². The average molecular weight is 305 g/mol. The summed E-state index contributed by atoms with van der Waals surface area (Å²) in [5.41, 5.74) is 0.894. The van der Waals surface area contributed by atoms with Gasteiger partial charge in [0.1, 0.15) is 11.5 Å². The first-order chi connectivity index (χ1) is 9.99. The summed E-state index contributed by atoms with van der Waals surface area (Å²) >= 11 is 1.84. The number of hydrogen-bond acceptors (Lipinski definition) is 4. The molecule has 3 nitrogen and oxygen atoms in total. The highest BCUT2D eigenvalue weighted by atomic mass is 32.1. The van der Waals surface area contributed by atoms with Gasteiger partial charge in [-0.15, -0.1) is 11.3 Å². The Labute approximate surface area is 130 Å². The molecule has 0 aliphatic carbocycles. The summed E-state index contributed by atoms with van der Waals surface area (Å²) in [4.78, 5) is 2.73. The van der Waals surface area contributed by atoms with Gasteiger partial charge in [0.25, 0.3) is 0 Å². The number of phenolic OH excluding ortho intramolecular Hbond substituents is 1. The van der Waals surface area contributed by atoms with E-state index in [1.54, 1.807) is 13.2 Å². The van der Waals surface area contributed by atoms with Crippen LogP contribution in [0.1, 0.15) is 35.2 Å². The largest absolute Gasteiger partial charge is 0.507 e. The fourth-order valence-corrected chi connectivity index (χ4v) is 3.51. The van der Waals surface area contributed by atoms with Gasteiger partial charge in [-0.2, -0.15) is 0 Å². The molecule has 4 heteroatoms. The summed E-state index contributed by atoms with van der Waals surface area (Å²) < 4.78 is 5.11. The second kappa shape index (κ2) is 6.96. The summed E-state index contributed by atoms with van der Waals surface area (Å²) in [7, 11) is 1.60. The standard InChI is InChI=1S/C17H23NO2S/c1-11(9-15-7-5-12(2)21-15)18-13(3)16-8-6-14(20-4)10-17(16)19/h5-8,10-11,13,18-19H,9H2,1-4H3. The van der Waals surface area contributed by atoms with Gasteiger partial charge in [-0.05, 0) is 45.4 Å². The quantitative estimate of drug-likeness (QED) is 0.846. The number of aryl methyl sites for hydroxylation is 1. The molecule has 0 bridgehead atoms. The lowest BCUT2D eigenvalue weighted by Gasteiger charge is -2.21. The minimum absolute atomic E-state index is 0.0898. The van der Waals surface area contributed by atoms with Crippen molar-refractivity contribution in [2.24, 2.45) is 0 Å². The number of hydrogen-bond donors (Lipinski definition) is 2. The molecule has 1 heterocycles. The zero-order valence-corrected chi connectivity index (χ0v) is 13.8. The lowest BCUT2D eigenvalue weighted by molar-refractivity contribution is 0.401. The van der Waals surface area contributed by atoms with Crippen molar-refractivity contribution < 1.29 is 9.84 Å². The molecule has 0 fully saturated rings. The molecule has 0 aliphatic rings. The van der Waals surface area contributed by atoms with Crippen LogP contribution < -0.4 is 10.1 Å². The van der Waals surface area contributed by atoms with E-state index in [9.17, 15) is 5.11 Å². The van der Waals surface area contributed by atoms with Crippen LogP contribution >= 0.6 is 11.3 Å². The van der Waals surface area contributed by atoms with Crippen molar-refractivity contribution in [2.75, 3.05) is 7.11 Å². The van der Waals surface area contributed by atoms with E-state index in [1.807, 2.05) is 23.5 Å². The third-order valence-electron chi connectivity index (χ3n) is 3.54. The topological polar surface area (TPSA) is 41.5 Å². The van der Waals surface area contributed by atoms with Crippen molar-refractivity contribution >= 4 is 11.3 Å². The molecule has 2 rings (SSSR count). The highest BCUT2D eigenvalue weighted by Gasteiger charge is 2.14. The molecule has 0 aliphatic heterocycles. The number of ether oxygens (including phenoxy) is 1. The molecule has 2 unspecified atom stereocenters. The molecular formula is C17H23NO2S. The van der Waals surface area contributed by atoms with E-state index in [-0.39, 0.29) is 11.8 Å². The molecular weight excluding hydrogens is 282 g/mol. The normalized spacial score (nSPS) is 13.9. The Balaban J connectivity index is 1.98. The van der Waals surface area contributed by atoms with Crippen molar-refractivity contribution in [1.82, 2.24) is 5.32 Å². The van der Waals surface area contributed by atoms with Gasteiger partial charge in [-0.1, -0.05) is 6.07 Å². The third kappa shape index (κ3) is 4.22. The van der Waals surface area contributed by atoms with Crippen molar-refractivity contribution in [3.63, 3.8) is 0 Å². The summed E-state index contributed by atoms with van der Waals surface area (Å²) in [6.45, 7) is 6.37. The van der Waals surface area contributed by atoms with Crippen LogP contribution in [0, 0.1) is 6.92 Å². The van der Waals surface area contributed by atoms with Crippen LogP contribution in [0.15, 0.2) is 30.3 Å². The van der Waals surface area contributed by atoms with E-state index in [4.69, 9.17) is 4.74 Å². The van der Waals surface area contributed by atoms with Crippen molar-refractivity contribution in [2.45, 2.75) is 39.3 Å². The van der Waals surface area contributed by atoms with Crippen molar-refractivity contribution in [1.29, 1.82) is 0 Å². The maximum Gasteiger partial charge on any atom is 0.124 e. The first kappa shape index (κ1) is 15.9. The van der Waals surface area contributed by atoms with Gasteiger partial charge in [0, 0.05) is 33.5 Å². The van der Waals surface area contributed by atoms with E-state index in [0.717, 1.165) is 12.0 Å². The van der Waals surface area contributed by atoms with Crippen LogP contribution in [-0.2, 0) is 6.42 Å². The van der Waals surface area contributed by atoms with Crippen LogP contribution in [0.3, 0.4) is 0 Å². The average Bonchev–Trinajstić information content (AvgIpc) is 2.83. The second-order valence-electron chi connectivity index (χ2n) is 5.43. The molecule has 21 heavy (non-hydrogen) atoms. The Morgan fingerprint density at radius 1 is 1.24 bits per heavy atom. The smallest absolute Gasteiger partial charge is 0.124 e. The van der Waals surface area contributed by atoms with Gasteiger partial charge in [-0.3, -0.25) is 0 Å². The minimum Gasteiger partial charge on any atom is -0.507 e. The number of rotatable bonds is 6. The SMILES string of the molecule is COc1ccc(C(C)NC(C)Cc2ccc(C)s2)c(O)c1. The van der Waals surface area contributed by atoms with Crippen LogP contribution in [0.2, 0.25) is 0 Å². The predicted molar refractivity (Wildman–Crippen MR) is 88.4 cm³/mol. The molecule has 0 radical (unpaired) electrons. The molecule has 2 aromatic rings. The molecule has 2 atom stereocenters. The van der Waals surface area contributed by atoms with Crippen LogP contribution in [0.25, 0.3) is 0 Å². The van der Waals surface area contributed by atoms with Gasteiger partial charge >= 0.3 is 0 Å². The maximum atomic E-state index is 10.1. The third-order valence-corrected chi connectivity index (χ3v) is 4.57. The Morgan fingerprint density at radius 3 is 2.57 bits per heavy atom. The zero-order chi connectivity index (χ0) is 15.4. The van der Waals surface area contributed by atoms with Crippen LogP contribution in [-0.4, -0.2) is 18.3 Å². The van der Waals surface area contributed by atoms with Crippen LogP contribution in [0.4, 0.5) is 0 Å². The van der Waals surface area contributed by atoms with Crippen molar-refractivity contribution in [3.8, 4) is 11.5 Å². The number of phenols is 1. The predicted octanol–water partition coefficient (Wildman–Crippen LogP) is 4.05. The van der Waals surface area contributed by atoms with E-state index >= 15 is 0 Å². The first-order valence-corrected chi connectivity index (χ1v) is 7.99. The van der Waals surface area contributed by atoms with E-state index < -0.39 is 0 Å². The molecule has 114 valence electrons. The van der Waals surface area contributed by atoms with E-state index in [1.165, 1.54) is 9.75 Å². The zero-order valence-electron chi connectivity index (χ0n) is 13.0. The summed E-state index contributed by atoms with van der Waals surface area (Å²) in [6, 6.07) is 10.2. The van der Waals surface area contributed by atoms with Gasteiger partial charge in [0.05, 0.1) is 7.11 Å². The highest BCUT2D eigenvalue weighted by molar-refractivity contribution is 7.11. The molecule has 0 saturated heterocycles. The fourth-order valence-electron chi connectivity index (χ4n) is 2.49. The molecule has 1 aromatic heterocycles. The Bertz CT molecular complexity index is 594. The molecule has 2 N–H and O–H groups in total. The lowest BCUT2D eigenvalue weighted by atomic mass is 10.1. The minimum atomic E-state index is 0.0898. The number of methoxy groups -OCH3 is 1. The van der Waals surface area contributed by atoms with Gasteiger partial charge in [0.15, 0.2) is 0 Å². The second-order valence-corrected chi connectivity index (χ2v) is 6.80. The van der Waals surface area contributed by atoms with Gasteiger partial charge in [-0.25, -0.2) is 0 Å². The number of nitrogens with one attached hydrogen (secondary N) is 1. The fraction of sp³-hybridized carbons (Fsp3) is 0.412. The number of thiophene rings is 1. The molecule has 0 amide bonds. The summed E-state index contributed by atoms with van der Waals surface area (Å²) in [5, 5.41) is 13.6. The van der Waals surface area contributed by atoms with Crippen LogP contribution in [0.5, 0.6) is 11.5 Å². The molecule has 0 spiro atoms. The molecule has 0 saturated carbocycles. The van der Waals surface area contributed by atoms with Crippen molar-refractivity contribution in [3.05, 3.63) is 45.6 Å². The Hall–Kier alpha value is -1.52. The number of benzene rings is 1. The Morgan fingerprint density at radius 2 is 2.00 bits per heavy atom. The maximum absolute atomic E-state index is 10.1. The molecule has 1 aromatic carbocycles.